The molecule has 0 bridgehead atoms. The molecule has 0 saturated carbocycles. The van der Waals surface area contributed by atoms with Crippen LogP contribution >= 0.6 is 0 Å². The van der Waals surface area contributed by atoms with Gasteiger partial charge in [-0.25, -0.2) is 24.6 Å². The first kappa shape index (κ1) is 20.8. The van der Waals surface area contributed by atoms with E-state index in [1.54, 1.807) is 12.4 Å². The van der Waals surface area contributed by atoms with Gasteiger partial charge in [0.05, 0.1) is 12.2 Å². The van der Waals surface area contributed by atoms with Crippen LogP contribution in [0.1, 0.15) is 23.9 Å². The van der Waals surface area contributed by atoms with Crippen LogP contribution in [0.15, 0.2) is 47.8 Å². The lowest BCUT2D eigenvalue weighted by atomic mass is 10.3. The lowest BCUT2D eigenvalue weighted by Crippen LogP contribution is -2.52. The van der Waals surface area contributed by atoms with Gasteiger partial charge in [0.2, 0.25) is 5.95 Å². The Morgan fingerprint density at radius 3 is 2.45 bits per heavy atom. The van der Waals surface area contributed by atoms with Crippen molar-refractivity contribution < 1.29 is 0 Å². The summed E-state index contributed by atoms with van der Waals surface area (Å²) in [6.45, 7) is 11.0. The lowest BCUT2D eigenvalue weighted by Gasteiger charge is -2.36. The molecular formula is C22H29N9. The number of hydrogen-bond donors (Lipinski definition) is 1. The highest BCUT2D eigenvalue weighted by Gasteiger charge is 2.21. The minimum absolute atomic E-state index is 0.578. The lowest BCUT2D eigenvalue weighted by molar-refractivity contribution is 0.370. The molecule has 31 heavy (non-hydrogen) atoms. The third-order valence-electron chi connectivity index (χ3n) is 5.20. The number of rotatable bonds is 5. The second kappa shape index (κ2) is 9.55. The monoisotopic (exact) mass is 419 g/mol. The van der Waals surface area contributed by atoms with Crippen molar-refractivity contribution in [3.63, 3.8) is 0 Å². The summed E-state index contributed by atoms with van der Waals surface area (Å²) in [5, 5.41) is 7.91. The molecule has 0 unspecified atom stereocenters. The molecule has 1 aliphatic heterocycles. The fourth-order valence-electron chi connectivity index (χ4n) is 3.66. The largest absolute Gasteiger partial charge is 0.357 e. The smallest absolute Gasteiger partial charge is 0.225 e. The van der Waals surface area contributed by atoms with Gasteiger partial charge < -0.3 is 15.1 Å². The highest BCUT2D eigenvalue weighted by Crippen LogP contribution is 2.12. The average Bonchev–Trinajstić information content (AvgIpc) is 3.15. The minimum Gasteiger partial charge on any atom is -0.357 e. The predicted octanol–water partition coefficient (Wildman–Crippen LogP) is 1.96. The van der Waals surface area contributed by atoms with Gasteiger partial charge >= 0.3 is 0 Å². The normalized spacial score (nSPS) is 14.7. The fourth-order valence-corrected chi connectivity index (χ4v) is 3.66. The summed E-state index contributed by atoms with van der Waals surface area (Å²) in [6.07, 6.45) is 5.45. The van der Waals surface area contributed by atoms with Gasteiger partial charge in [-0.1, -0.05) is 6.07 Å². The third kappa shape index (κ3) is 4.99. The van der Waals surface area contributed by atoms with Crippen LogP contribution < -0.4 is 10.2 Å². The van der Waals surface area contributed by atoms with Crippen molar-refractivity contribution >= 4 is 11.9 Å². The van der Waals surface area contributed by atoms with Crippen LogP contribution in [0.4, 0.5) is 5.95 Å². The van der Waals surface area contributed by atoms with E-state index in [-0.39, 0.29) is 0 Å². The van der Waals surface area contributed by atoms with Crippen LogP contribution in [0.3, 0.4) is 0 Å². The van der Waals surface area contributed by atoms with Gasteiger partial charge in [0.1, 0.15) is 0 Å². The van der Waals surface area contributed by atoms with Crippen molar-refractivity contribution in [2.75, 3.05) is 37.6 Å². The maximum absolute atomic E-state index is 4.85. The molecule has 9 nitrogen and oxygen atoms in total. The van der Waals surface area contributed by atoms with E-state index in [0.29, 0.717) is 6.54 Å². The van der Waals surface area contributed by atoms with Crippen molar-refractivity contribution in [2.24, 2.45) is 4.99 Å². The number of nitrogens with one attached hydrogen (secondary N) is 1. The molecule has 0 amide bonds. The first-order chi connectivity index (χ1) is 15.1. The summed E-state index contributed by atoms with van der Waals surface area (Å²) < 4.78 is 1.86. The van der Waals surface area contributed by atoms with E-state index in [2.05, 4.69) is 48.2 Å². The summed E-state index contributed by atoms with van der Waals surface area (Å²) in [5.41, 5.74) is 3.13. The summed E-state index contributed by atoms with van der Waals surface area (Å²) in [5.74, 6) is 2.54. The van der Waals surface area contributed by atoms with Crippen molar-refractivity contribution in [3.05, 3.63) is 59.8 Å². The molecule has 1 N–H and O–H groups in total. The van der Waals surface area contributed by atoms with Crippen LogP contribution in [0.25, 0.3) is 5.82 Å². The zero-order valence-corrected chi connectivity index (χ0v) is 18.4. The van der Waals surface area contributed by atoms with Crippen molar-refractivity contribution in [3.8, 4) is 5.82 Å². The zero-order chi connectivity index (χ0) is 21.6. The van der Waals surface area contributed by atoms with Gasteiger partial charge in [0, 0.05) is 57.0 Å². The molecule has 162 valence electrons. The SMILES string of the molecule is CCNC(=NCc1ccc(-n2nc(C)cc2C)nc1)N1CCN(c2ncccn2)CC1. The Morgan fingerprint density at radius 2 is 1.84 bits per heavy atom. The summed E-state index contributed by atoms with van der Waals surface area (Å²) in [7, 11) is 0. The van der Waals surface area contributed by atoms with Crippen LogP contribution in [-0.4, -0.2) is 68.3 Å². The zero-order valence-electron chi connectivity index (χ0n) is 18.4. The van der Waals surface area contributed by atoms with Gasteiger partial charge in [0.25, 0.3) is 0 Å². The van der Waals surface area contributed by atoms with E-state index >= 15 is 0 Å². The Kier molecular flexibility index (Phi) is 6.40. The minimum atomic E-state index is 0.578. The molecular weight excluding hydrogens is 390 g/mol. The molecule has 0 atom stereocenters. The third-order valence-corrected chi connectivity index (χ3v) is 5.20. The van der Waals surface area contributed by atoms with Crippen molar-refractivity contribution in [1.82, 2.24) is 34.9 Å². The topological polar surface area (TPSA) is 87.4 Å². The number of aliphatic imine (C=N–C) groups is 1. The van der Waals surface area contributed by atoms with Crippen LogP contribution in [-0.2, 0) is 6.54 Å². The predicted molar refractivity (Wildman–Crippen MR) is 121 cm³/mol. The van der Waals surface area contributed by atoms with E-state index in [9.17, 15) is 0 Å². The Balaban J connectivity index is 1.39. The molecule has 9 heteroatoms. The van der Waals surface area contributed by atoms with E-state index < -0.39 is 0 Å². The number of aryl methyl sites for hydroxylation is 2. The van der Waals surface area contributed by atoms with Gasteiger partial charge in [-0.15, -0.1) is 0 Å². The fraction of sp³-hybridized carbons (Fsp3) is 0.409. The van der Waals surface area contributed by atoms with E-state index in [0.717, 1.165) is 67.4 Å². The number of piperazine rings is 1. The second-order valence-corrected chi connectivity index (χ2v) is 7.56. The first-order valence-corrected chi connectivity index (χ1v) is 10.7. The molecule has 1 fully saturated rings. The first-order valence-electron chi connectivity index (χ1n) is 10.7. The summed E-state index contributed by atoms with van der Waals surface area (Å²) >= 11 is 0. The van der Waals surface area contributed by atoms with E-state index in [1.807, 2.05) is 42.9 Å². The van der Waals surface area contributed by atoms with Gasteiger partial charge in [-0.3, -0.25) is 0 Å². The van der Waals surface area contributed by atoms with Crippen LogP contribution in [0.5, 0.6) is 0 Å². The van der Waals surface area contributed by atoms with E-state index in [1.165, 1.54) is 0 Å². The summed E-state index contributed by atoms with van der Waals surface area (Å²) in [4.78, 5) is 22.6. The number of anilines is 1. The number of guanidine groups is 1. The molecule has 4 rings (SSSR count). The molecule has 1 aliphatic rings. The van der Waals surface area contributed by atoms with Gasteiger partial charge in [-0.2, -0.15) is 5.10 Å². The number of nitrogens with zero attached hydrogens (tertiary/aromatic N) is 8. The Labute approximate surface area is 182 Å². The van der Waals surface area contributed by atoms with Gasteiger partial charge in [-0.05, 0) is 44.5 Å². The molecule has 3 aromatic heterocycles. The molecule has 0 aliphatic carbocycles. The quantitative estimate of drug-likeness (QED) is 0.500. The highest BCUT2D eigenvalue weighted by molar-refractivity contribution is 5.80. The number of pyridine rings is 1. The van der Waals surface area contributed by atoms with Crippen LogP contribution in [0.2, 0.25) is 0 Å². The molecule has 4 heterocycles. The Morgan fingerprint density at radius 1 is 1.06 bits per heavy atom. The molecule has 3 aromatic rings. The Hall–Kier alpha value is -3.49. The number of hydrogen-bond acceptors (Lipinski definition) is 6. The molecule has 0 spiro atoms. The van der Waals surface area contributed by atoms with Crippen molar-refractivity contribution in [1.29, 1.82) is 0 Å². The average molecular weight is 420 g/mol. The molecule has 1 saturated heterocycles. The van der Waals surface area contributed by atoms with Gasteiger partial charge in [0.15, 0.2) is 11.8 Å². The Bertz CT molecular complexity index is 1000. The van der Waals surface area contributed by atoms with E-state index in [4.69, 9.17) is 4.99 Å². The highest BCUT2D eigenvalue weighted by atomic mass is 15.4. The maximum atomic E-state index is 4.85. The van der Waals surface area contributed by atoms with Crippen LogP contribution in [0, 0.1) is 13.8 Å². The maximum Gasteiger partial charge on any atom is 0.225 e. The second-order valence-electron chi connectivity index (χ2n) is 7.56. The summed E-state index contributed by atoms with van der Waals surface area (Å²) in [6, 6.07) is 7.95. The standard InChI is InChI=1S/C22H29N9/c1-4-23-21(29-10-12-30(13-11-29)22-24-8-5-9-25-22)27-16-19-6-7-20(26-15-19)31-18(3)14-17(2)28-31/h5-9,14-15H,4,10-13,16H2,1-3H3,(H,23,27). The number of aromatic nitrogens is 5. The molecule has 0 radical (unpaired) electrons. The van der Waals surface area contributed by atoms with Crippen molar-refractivity contribution in [2.45, 2.75) is 27.3 Å². The molecule has 0 aromatic carbocycles.